The van der Waals surface area contributed by atoms with Crippen LogP contribution in [0.2, 0.25) is 0 Å². The molecule has 2 saturated heterocycles. The van der Waals surface area contributed by atoms with Gasteiger partial charge in [-0.3, -0.25) is 4.79 Å². The first-order valence-electron chi connectivity index (χ1n) is 13.5. The van der Waals surface area contributed by atoms with Gasteiger partial charge in [0, 0.05) is 43.1 Å². The largest absolute Gasteiger partial charge is 0.491 e. The molecule has 3 aliphatic rings. The monoisotopic (exact) mass is 545 g/mol. The number of aryl methyl sites for hydroxylation is 1. The summed E-state index contributed by atoms with van der Waals surface area (Å²) in [6.07, 6.45) is 4.37. The molecule has 1 unspecified atom stereocenters. The highest BCUT2D eigenvalue weighted by Crippen LogP contribution is 2.78. The van der Waals surface area contributed by atoms with Crippen LogP contribution in [-0.4, -0.2) is 58.4 Å². The van der Waals surface area contributed by atoms with Gasteiger partial charge in [0.05, 0.1) is 6.10 Å². The zero-order chi connectivity index (χ0) is 26.8. The van der Waals surface area contributed by atoms with E-state index < -0.39 is 4.33 Å². The quantitative estimate of drug-likeness (QED) is 0.356. The number of hydrogen-bond acceptors (Lipinski definition) is 4. The van der Waals surface area contributed by atoms with Crippen molar-refractivity contribution in [3.05, 3.63) is 59.7 Å². The Bertz CT molecular complexity index is 1040. The second-order valence-electron chi connectivity index (χ2n) is 11.1. The summed E-state index contributed by atoms with van der Waals surface area (Å²) in [6, 6.07) is 16.7. The van der Waals surface area contributed by atoms with Crippen LogP contribution in [-0.2, 0) is 4.79 Å². The highest BCUT2D eigenvalue weighted by molar-refractivity contribution is 6.52. The van der Waals surface area contributed by atoms with Gasteiger partial charge in [0.1, 0.15) is 10.1 Å². The van der Waals surface area contributed by atoms with Gasteiger partial charge in [0.2, 0.25) is 5.91 Å². The summed E-state index contributed by atoms with van der Waals surface area (Å²) < 4.78 is 5.08. The average molecular weight is 547 g/mol. The molecule has 1 saturated carbocycles. The number of ether oxygens (including phenoxy) is 1. The van der Waals surface area contributed by atoms with Gasteiger partial charge in [-0.2, -0.15) is 0 Å². The average Bonchev–Trinajstić information content (AvgIpc) is 3.34. The minimum atomic E-state index is -0.683. The molecule has 1 spiro atoms. The molecule has 3 fully saturated rings. The van der Waals surface area contributed by atoms with E-state index in [-0.39, 0.29) is 23.3 Å². The number of alkyl halides is 2. The van der Waals surface area contributed by atoms with E-state index in [1.807, 2.05) is 62.1 Å². The number of rotatable bonds is 4. The smallest absolute Gasteiger partial charge is 0.219 e. The van der Waals surface area contributed by atoms with E-state index in [0.29, 0.717) is 6.04 Å². The third kappa shape index (κ3) is 6.05. The van der Waals surface area contributed by atoms with Crippen LogP contribution in [0.3, 0.4) is 0 Å². The minimum Gasteiger partial charge on any atom is -0.491 e. The van der Waals surface area contributed by atoms with E-state index in [1.165, 1.54) is 5.56 Å². The van der Waals surface area contributed by atoms with Crippen molar-refractivity contribution >= 4 is 34.8 Å². The predicted octanol–water partition coefficient (Wildman–Crippen LogP) is 6.42. The summed E-state index contributed by atoms with van der Waals surface area (Å²) in [4.78, 5) is 16.1. The van der Waals surface area contributed by atoms with Crippen molar-refractivity contribution in [1.29, 1.82) is 0 Å². The molecular weight excluding hydrogens is 505 g/mol. The number of benzene rings is 2. The molecule has 5 rings (SSSR count). The van der Waals surface area contributed by atoms with Crippen molar-refractivity contribution in [2.45, 2.75) is 75.8 Å². The third-order valence-electron chi connectivity index (χ3n) is 8.39. The lowest BCUT2D eigenvalue weighted by Crippen LogP contribution is -2.49. The van der Waals surface area contributed by atoms with Crippen LogP contribution < -0.4 is 10.5 Å². The summed E-state index contributed by atoms with van der Waals surface area (Å²) in [5.41, 5.74) is 8.73. The maximum absolute atomic E-state index is 11.6. The molecule has 1 aliphatic carbocycles. The topological polar surface area (TPSA) is 58.8 Å². The predicted molar refractivity (Wildman–Crippen MR) is 153 cm³/mol. The molecule has 2 aromatic rings. The molecule has 7 heteroatoms. The van der Waals surface area contributed by atoms with Crippen LogP contribution in [0.15, 0.2) is 48.5 Å². The van der Waals surface area contributed by atoms with Crippen LogP contribution in [0.5, 0.6) is 5.75 Å². The summed E-state index contributed by atoms with van der Waals surface area (Å²) in [5, 5.41) is 0. The van der Waals surface area contributed by atoms with Crippen LogP contribution >= 0.6 is 23.2 Å². The number of nitrogens with zero attached hydrogens (tertiary/aromatic N) is 2. The Balaban J connectivity index is 0.000000342. The number of hydrogen-bond donors (Lipinski definition) is 1. The number of halogens is 2. The number of anilines is 1. The lowest BCUT2D eigenvalue weighted by atomic mass is 9.87. The summed E-state index contributed by atoms with van der Waals surface area (Å²) in [7, 11) is 0. The van der Waals surface area contributed by atoms with Crippen molar-refractivity contribution in [3.63, 3.8) is 0 Å². The molecule has 0 radical (unpaired) electrons. The number of nitrogen functional groups attached to an aromatic ring is 1. The van der Waals surface area contributed by atoms with E-state index in [4.69, 9.17) is 33.7 Å². The van der Waals surface area contributed by atoms with Gasteiger partial charge < -0.3 is 20.3 Å². The van der Waals surface area contributed by atoms with E-state index in [1.54, 1.807) is 6.92 Å². The minimum absolute atomic E-state index is 0.0207. The van der Waals surface area contributed by atoms with Crippen molar-refractivity contribution < 1.29 is 9.53 Å². The fraction of sp³-hybridized carbons (Fsp3) is 0.567. The van der Waals surface area contributed by atoms with Crippen LogP contribution in [0.25, 0.3) is 0 Å². The van der Waals surface area contributed by atoms with Gasteiger partial charge in [-0.05, 0) is 88.9 Å². The van der Waals surface area contributed by atoms with Crippen molar-refractivity contribution in [1.82, 2.24) is 9.80 Å². The molecule has 2 aromatic carbocycles. The number of carbonyl (C=O) groups excluding carboxylic acids is 1. The molecule has 1 amide bonds. The Hall–Kier alpha value is -1.95. The number of piperidine rings is 2. The molecule has 0 bridgehead atoms. The molecule has 1 atom stereocenters. The fourth-order valence-electron chi connectivity index (χ4n) is 6.09. The van der Waals surface area contributed by atoms with Crippen LogP contribution in [0.1, 0.15) is 63.5 Å². The zero-order valence-corrected chi connectivity index (χ0v) is 24.1. The molecule has 2 N–H and O–H groups in total. The van der Waals surface area contributed by atoms with Gasteiger partial charge in [-0.1, -0.05) is 30.3 Å². The second-order valence-corrected chi connectivity index (χ2v) is 12.5. The van der Waals surface area contributed by atoms with Gasteiger partial charge in [0.25, 0.3) is 0 Å². The Labute approximate surface area is 232 Å². The number of carbonyl (C=O) groups is 1. The maximum Gasteiger partial charge on any atom is 0.219 e. The summed E-state index contributed by atoms with van der Waals surface area (Å²) in [6.45, 7) is 11.6. The van der Waals surface area contributed by atoms with Crippen LogP contribution in [0, 0.1) is 12.3 Å². The molecule has 2 heterocycles. The first-order chi connectivity index (χ1) is 17.5. The van der Waals surface area contributed by atoms with Gasteiger partial charge in [-0.15, -0.1) is 23.2 Å². The Morgan fingerprint density at radius 1 is 1.00 bits per heavy atom. The molecule has 37 heavy (non-hydrogen) atoms. The van der Waals surface area contributed by atoms with Crippen molar-refractivity contribution in [3.8, 4) is 5.75 Å². The summed E-state index contributed by atoms with van der Waals surface area (Å²) in [5.74, 6) is 1.27. The normalized spacial score (nSPS) is 22.9. The van der Waals surface area contributed by atoms with Gasteiger partial charge >= 0.3 is 0 Å². The van der Waals surface area contributed by atoms with Gasteiger partial charge in [0.15, 0.2) is 0 Å². The third-order valence-corrected chi connectivity index (χ3v) is 9.57. The number of amides is 1. The highest BCUT2D eigenvalue weighted by Gasteiger charge is 2.75. The summed E-state index contributed by atoms with van der Waals surface area (Å²) >= 11 is 13.7. The lowest BCUT2D eigenvalue weighted by Gasteiger charge is -2.42. The molecule has 2 aliphatic heterocycles. The number of likely N-dealkylation sites (tertiary alicyclic amines) is 2. The van der Waals surface area contributed by atoms with Crippen LogP contribution in [0.4, 0.5) is 5.69 Å². The number of nitrogens with two attached hydrogens (primary N) is 1. The Morgan fingerprint density at radius 2 is 1.59 bits per heavy atom. The maximum atomic E-state index is 11.6. The molecule has 5 nitrogen and oxygen atoms in total. The van der Waals surface area contributed by atoms with Crippen molar-refractivity contribution in [2.24, 2.45) is 5.41 Å². The van der Waals surface area contributed by atoms with Crippen molar-refractivity contribution in [2.75, 3.05) is 31.9 Å². The lowest BCUT2D eigenvalue weighted by molar-refractivity contribution is -0.130. The van der Waals surface area contributed by atoms with E-state index in [2.05, 4.69) is 17.0 Å². The van der Waals surface area contributed by atoms with Gasteiger partial charge in [-0.25, -0.2) is 0 Å². The molecular formula is C30H41Cl2N3O2. The first-order valence-corrected chi connectivity index (χ1v) is 14.3. The molecule has 0 aromatic heterocycles. The highest BCUT2D eigenvalue weighted by atomic mass is 35.5. The van der Waals surface area contributed by atoms with E-state index in [0.717, 1.165) is 68.9 Å². The fourth-order valence-corrected chi connectivity index (χ4v) is 7.25. The Kier molecular flexibility index (Phi) is 8.67. The standard InChI is InChI=1S/C23H32Cl2N2O2.C7H9N/c1-16(2)29-20-6-4-18(5-7-20)21-22(23(21,24)25)10-14-27(15-11-22)19-8-12-26(13-9-19)17(3)28;1-6-4-2-3-5-7(6)8/h4-7,16,19,21H,8-15H2,1-3H3;2-5H,8H2,1H3. The van der Waals surface area contributed by atoms with E-state index >= 15 is 0 Å². The zero-order valence-electron chi connectivity index (χ0n) is 22.6. The SMILES string of the molecule is CC(=O)N1CCC(N2CCC3(CC2)C(c2ccc(OC(C)C)cc2)C3(Cl)Cl)CC1.Cc1ccccc1N. The first kappa shape index (κ1) is 28.1. The van der Waals surface area contributed by atoms with E-state index in [9.17, 15) is 4.79 Å². The second kappa shape index (κ2) is 11.4. The Morgan fingerprint density at radius 3 is 2.08 bits per heavy atom. The molecule has 202 valence electrons. The number of para-hydroxylation sites is 1.